The summed E-state index contributed by atoms with van der Waals surface area (Å²) in [5.41, 5.74) is 1.59. The molecule has 0 aromatic heterocycles. The molecule has 36 heavy (non-hydrogen) atoms. The minimum Gasteiger partial charge on any atom is -0.266 e. The van der Waals surface area contributed by atoms with Crippen molar-refractivity contribution in [1.29, 1.82) is 0 Å². The van der Waals surface area contributed by atoms with Crippen molar-refractivity contribution in [3.05, 3.63) is 66.2 Å². The van der Waals surface area contributed by atoms with Crippen molar-refractivity contribution in [2.75, 3.05) is 25.1 Å². The second-order valence-electron chi connectivity index (χ2n) is 9.87. The predicted molar refractivity (Wildman–Crippen MR) is 160 cm³/mol. The molecule has 0 saturated heterocycles. The van der Waals surface area contributed by atoms with Crippen LogP contribution in [-0.2, 0) is 20.5 Å². The number of benzene rings is 2. The van der Waals surface area contributed by atoms with Crippen molar-refractivity contribution in [3.8, 4) is 0 Å². The summed E-state index contributed by atoms with van der Waals surface area (Å²) in [5.74, 6) is 0. The molecule has 0 radical (unpaired) electrons. The van der Waals surface area contributed by atoms with Gasteiger partial charge in [0.2, 0.25) is 0 Å². The van der Waals surface area contributed by atoms with E-state index in [9.17, 15) is 8.42 Å². The van der Waals surface area contributed by atoms with Crippen molar-refractivity contribution >= 4 is 17.4 Å². The zero-order chi connectivity index (χ0) is 26.5. The van der Waals surface area contributed by atoms with Crippen LogP contribution >= 0.6 is 7.26 Å². The van der Waals surface area contributed by atoms with Gasteiger partial charge in [0.05, 0.1) is 36.2 Å². The lowest BCUT2D eigenvalue weighted by atomic mass is 10.2. The first-order valence-electron chi connectivity index (χ1n) is 14.3. The molecule has 2 aromatic carbocycles. The van der Waals surface area contributed by atoms with Crippen LogP contribution < -0.4 is 0 Å². The normalized spacial score (nSPS) is 11.7. The van der Waals surface area contributed by atoms with Gasteiger partial charge in [-0.1, -0.05) is 115 Å². The van der Waals surface area contributed by atoms with Crippen LogP contribution in [0, 0.1) is 0 Å². The van der Waals surface area contributed by atoms with Gasteiger partial charge in [-0.05, 0) is 43.4 Å². The van der Waals surface area contributed by atoms with Crippen LogP contribution in [0.5, 0.6) is 0 Å². The Labute approximate surface area is 223 Å². The molecule has 0 N–H and O–H groups in total. The molecule has 2 aromatic rings. The fourth-order valence-corrected chi connectivity index (χ4v) is 10.4. The van der Waals surface area contributed by atoms with Gasteiger partial charge in [-0.2, -0.15) is 8.42 Å². The van der Waals surface area contributed by atoms with Gasteiger partial charge < -0.3 is 0 Å². The number of hydrogen-bond donors (Lipinski definition) is 0. The van der Waals surface area contributed by atoms with E-state index in [2.05, 4.69) is 58.0 Å². The molecular formula is C31H52O3PS+. The van der Waals surface area contributed by atoms with Gasteiger partial charge in [0.15, 0.2) is 0 Å². The van der Waals surface area contributed by atoms with Crippen molar-refractivity contribution in [2.45, 2.75) is 103 Å². The summed E-state index contributed by atoms with van der Waals surface area (Å²) >= 11 is 0. The van der Waals surface area contributed by atoms with Gasteiger partial charge in [-0.15, -0.1) is 0 Å². The molecule has 0 fully saturated rings. The van der Waals surface area contributed by atoms with Crippen LogP contribution in [0.2, 0.25) is 0 Å². The summed E-state index contributed by atoms with van der Waals surface area (Å²) < 4.78 is 28.2. The lowest BCUT2D eigenvalue weighted by Crippen LogP contribution is -2.11. The molecule has 0 spiro atoms. The van der Waals surface area contributed by atoms with Crippen LogP contribution in [0.1, 0.15) is 97.5 Å². The first kappa shape index (κ1) is 32.8. The fraction of sp³-hybridized carbons (Fsp3) is 0.613. The van der Waals surface area contributed by atoms with Gasteiger partial charge in [0.25, 0.3) is 10.1 Å². The molecule has 0 aliphatic rings. The van der Waals surface area contributed by atoms with E-state index in [1.165, 1.54) is 63.2 Å². The molecular weight excluding hydrogens is 483 g/mol. The molecule has 0 aliphatic heterocycles. The summed E-state index contributed by atoms with van der Waals surface area (Å²) in [6.45, 7) is 9.42. The second kappa shape index (κ2) is 19.8. The summed E-state index contributed by atoms with van der Waals surface area (Å²) in [7, 11) is -4.32. The lowest BCUT2D eigenvalue weighted by Gasteiger charge is -2.28. The maximum atomic E-state index is 11.6. The standard InChI is InChI=1S/C19H34P.C12H18O3S/c1-4-7-15-20(16-8-5-2,17-9-6-3)18-19-13-11-10-12-14-19;1-2-3-4-8-11-15-16(13,14)12-9-6-5-7-10-12/h10-14H,4-9,15-18H2,1-3H3;5-7,9-10H,2-4,8,11H2,1H3/q+1;. The van der Waals surface area contributed by atoms with Gasteiger partial charge in [0, 0.05) is 7.26 Å². The Morgan fingerprint density at radius 1 is 0.611 bits per heavy atom. The van der Waals surface area contributed by atoms with Crippen LogP contribution in [0.4, 0.5) is 0 Å². The van der Waals surface area contributed by atoms with Crippen molar-refractivity contribution < 1.29 is 12.6 Å². The van der Waals surface area contributed by atoms with Gasteiger partial charge >= 0.3 is 0 Å². The Bertz CT molecular complexity index is 847. The highest BCUT2D eigenvalue weighted by atomic mass is 32.2. The number of hydrogen-bond acceptors (Lipinski definition) is 3. The Hall–Kier alpha value is -1.22. The molecule has 204 valence electrons. The highest BCUT2D eigenvalue weighted by Gasteiger charge is 2.35. The average Bonchev–Trinajstić information content (AvgIpc) is 2.91. The van der Waals surface area contributed by atoms with E-state index in [1.54, 1.807) is 35.9 Å². The van der Waals surface area contributed by atoms with Crippen molar-refractivity contribution in [1.82, 2.24) is 0 Å². The van der Waals surface area contributed by atoms with Crippen LogP contribution in [0.3, 0.4) is 0 Å². The van der Waals surface area contributed by atoms with E-state index in [0.717, 1.165) is 25.7 Å². The molecule has 0 saturated carbocycles. The van der Waals surface area contributed by atoms with E-state index in [4.69, 9.17) is 4.18 Å². The minimum absolute atomic E-state index is 0.227. The smallest absolute Gasteiger partial charge is 0.266 e. The topological polar surface area (TPSA) is 43.4 Å². The highest BCUT2D eigenvalue weighted by Crippen LogP contribution is 2.63. The van der Waals surface area contributed by atoms with Crippen molar-refractivity contribution in [2.24, 2.45) is 0 Å². The van der Waals surface area contributed by atoms with Crippen LogP contribution in [0.15, 0.2) is 65.6 Å². The third-order valence-corrected chi connectivity index (χ3v) is 12.7. The zero-order valence-electron chi connectivity index (χ0n) is 23.5. The van der Waals surface area contributed by atoms with Crippen LogP contribution in [-0.4, -0.2) is 33.5 Å². The second-order valence-corrected chi connectivity index (χ2v) is 15.8. The zero-order valence-corrected chi connectivity index (χ0v) is 25.2. The van der Waals surface area contributed by atoms with E-state index in [0.29, 0.717) is 0 Å². The maximum Gasteiger partial charge on any atom is 0.296 e. The Balaban J connectivity index is 0.000000369. The van der Waals surface area contributed by atoms with Crippen LogP contribution in [0.25, 0.3) is 0 Å². The van der Waals surface area contributed by atoms with Gasteiger partial charge in [-0.3, -0.25) is 4.18 Å². The highest BCUT2D eigenvalue weighted by molar-refractivity contribution is 7.86. The summed E-state index contributed by atoms with van der Waals surface area (Å²) in [4.78, 5) is 0.227. The molecule has 0 bridgehead atoms. The van der Waals surface area contributed by atoms with Gasteiger partial charge in [-0.25, -0.2) is 0 Å². The first-order valence-corrected chi connectivity index (χ1v) is 18.2. The van der Waals surface area contributed by atoms with E-state index >= 15 is 0 Å². The van der Waals surface area contributed by atoms with E-state index in [1.807, 2.05) is 0 Å². The molecule has 0 unspecified atom stereocenters. The number of rotatable bonds is 18. The Morgan fingerprint density at radius 2 is 1.08 bits per heavy atom. The molecule has 0 heterocycles. The third kappa shape index (κ3) is 13.9. The summed E-state index contributed by atoms with van der Waals surface area (Å²) in [5, 5.41) is 0. The molecule has 2 rings (SSSR count). The molecule has 0 aliphatic carbocycles. The predicted octanol–water partition coefficient (Wildman–Crippen LogP) is 9.58. The minimum atomic E-state index is -3.55. The molecule has 5 heteroatoms. The summed E-state index contributed by atoms with van der Waals surface area (Å²) in [6, 6.07) is 19.5. The van der Waals surface area contributed by atoms with E-state index < -0.39 is 17.4 Å². The largest absolute Gasteiger partial charge is 0.296 e. The number of unbranched alkanes of at least 4 members (excludes halogenated alkanes) is 6. The molecule has 3 nitrogen and oxygen atoms in total. The lowest BCUT2D eigenvalue weighted by molar-refractivity contribution is 0.307. The Morgan fingerprint density at radius 3 is 1.56 bits per heavy atom. The summed E-state index contributed by atoms with van der Waals surface area (Å²) in [6.07, 6.45) is 18.4. The van der Waals surface area contributed by atoms with E-state index in [-0.39, 0.29) is 11.5 Å². The van der Waals surface area contributed by atoms with Crippen molar-refractivity contribution in [3.63, 3.8) is 0 Å². The first-order chi connectivity index (χ1) is 17.4. The van der Waals surface area contributed by atoms with Gasteiger partial charge in [0.1, 0.15) is 0 Å². The quantitative estimate of drug-likeness (QED) is 0.108. The Kier molecular flexibility index (Phi) is 18.1. The SMILES string of the molecule is CCCCCCOS(=O)(=O)c1ccccc1.CCCC[P+](CCCC)(CCCC)Cc1ccccc1. The third-order valence-electron chi connectivity index (χ3n) is 6.59. The maximum absolute atomic E-state index is 11.6. The molecule has 0 amide bonds. The molecule has 0 atom stereocenters. The monoisotopic (exact) mass is 535 g/mol. The fourth-order valence-electron chi connectivity index (χ4n) is 4.38. The average molecular weight is 536 g/mol.